The predicted molar refractivity (Wildman–Crippen MR) is 82.5 cm³/mol. The van der Waals surface area contributed by atoms with Gasteiger partial charge in [-0.05, 0) is 36.6 Å². The summed E-state index contributed by atoms with van der Waals surface area (Å²) in [6, 6.07) is 8.05. The lowest BCUT2D eigenvalue weighted by atomic mass is 10.0. The van der Waals surface area contributed by atoms with Gasteiger partial charge in [-0.3, -0.25) is 4.68 Å². The molecule has 21 heavy (non-hydrogen) atoms. The number of rotatable bonds is 7. The van der Waals surface area contributed by atoms with Gasteiger partial charge < -0.3 is 15.2 Å². The summed E-state index contributed by atoms with van der Waals surface area (Å²) in [7, 11) is 3.53. The standard InChI is InChI=1S/C16H23N3O2/c1-4-13(17)9-12-5-6-15(20-3)16(10-12)21-11-14-7-8-19(2)18-14/h5-8,10,13H,4,9,11,17H2,1-3H3. The Kier molecular flexibility index (Phi) is 5.22. The van der Waals surface area contributed by atoms with E-state index < -0.39 is 0 Å². The van der Waals surface area contributed by atoms with Gasteiger partial charge >= 0.3 is 0 Å². The highest BCUT2D eigenvalue weighted by Crippen LogP contribution is 2.29. The molecule has 1 aromatic heterocycles. The Bertz CT molecular complexity index is 581. The fourth-order valence-electron chi connectivity index (χ4n) is 2.10. The van der Waals surface area contributed by atoms with Crippen molar-refractivity contribution in [1.82, 2.24) is 9.78 Å². The average Bonchev–Trinajstić information content (AvgIpc) is 2.90. The van der Waals surface area contributed by atoms with E-state index in [-0.39, 0.29) is 6.04 Å². The minimum Gasteiger partial charge on any atom is -0.493 e. The van der Waals surface area contributed by atoms with Gasteiger partial charge in [-0.25, -0.2) is 0 Å². The van der Waals surface area contributed by atoms with Crippen molar-refractivity contribution in [3.63, 3.8) is 0 Å². The molecule has 0 aliphatic heterocycles. The molecule has 114 valence electrons. The monoisotopic (exact) mass is 289 g/mol. The van der Waals surface area contributed by atoms with Crippen molar-refractivity contribution >= 4 is 0 Å². The number of hydrogen-bond donors (Lipinski definition) is 1. The molecule has 5 nitrogen and oxygen atoms in total. The van der Waals surface area contributed by atoms with E-state index in [0.717, 1.165) is 35.6 Å². The van der Waals surface area contributed by atoms with Gasteiger partial charge in [0.05, 0.1) is 12.8 Å². The van der Waals surface area contributed by atoms with Crippen LogP contribution in [0.15, 0.2) is 30.5 Å². The maximum atomic E-state index is 6.01. The van der Waals surface area contributed by atoms with Crippen molar-refractivity contribution in [3.8, 4) is 11.5 Å². The van der Waals surface area contributed by atoms with Crippen molar-refractivity contribution in [2.24, 2.45) is 12.8 Å². The quantitative estimate of drug-likeness (QED) is 0.849. The van der Waals surface area contributed by atoms with Gasteiger partial charge in [-0.15, -0.1) is 0 Å². The van der Waals surface area contributed by atoms with Crippen molar-refractivity contribution in [2.75, 3.05) is 7.11 Å². The largest absolute Gasteiger partial charge is 0.493 e. The van der Waals surface area contributed by atoms with E-state index in [9.17, 15) is 0 Å². The molecule has 1 atom stereocenters. The second-order valence-electron chi connectivity index (χ2n) is 5.13. The molecular formula is C16H23N3O2. The van der Waals surface area contributed by atoms with Crippen molar-refractivity contribution in [1.29, 1.82) is 0 Å². The Hall–Kier alpha value is -2.01. The fourth-order valence-corrected chi connectivity index (χ4v) is 2.10. The molecule has 1 aromatic carbocycles. The number of nitrogens with zero attached hydrogens (tertiary/aromatic N) is 2. The van der Waals surface area contributed by atoms with E-state index in [2.05, 4.69) is 12.0 Å². The Morgan fingerprint density at radius 2 is 2.10 bits per heavy atom. The molecule has 2 rings (SSSR count). The summed E-state index contributed by atoms with van der Waals surface area (Å²) < 4.78 is 12.9. The Morgan fingerprint density at radius 1 is 1.29 bits per heavy atom. The second-order valence-corrected chi connectivity index (χ2v) is 5.13. The van der Waals surface area contributed by atoms with Crippen molar-refractivity contribution in [3.05, 3.63) is 41.7 Å². The molecule has 0 aliphatic rings. The van der Waals surface area contributed by atoms with Crippen LogP contribution in [-0.2, 0) is 20.1 Å². The van der Waals surface area contributed by atoms with Crippen molar-refractivity contribution < 1.29 is 9.47 Å². The van der Waals surface area contributed by atoms with Crippen LogP contribution in [0.2, 0.25) is 0 Å². The Morgan fingerprint density at radius 3 is 2.71 bits per heavy atom. The topological polar surface area (TPSA) is 62.3 Å². The highest BCUT2D eigenvalue weighted by atomic mass is 16.5. The Balaban J connectivity index is 2.09. The summed E-state index contributed by atoms with van der Waals surface area (Å²) in [4.78, 5) is 0. The summed E-state index contributed by atoms with van der Waals surface area (Å²) >= 11 is 0. The molecule has 0 spiro atoms. The number of aromatic nitrogens is 2. The molecule has 0 saturated heterocycles. The molecule has 0 amide bonds. The number of ether oxygens (including phenoxy) is 2. The van der Waals surface area contributed by atoms with Gasteiger partial charge in [0.25, 0.3) is 0 Å². The van der Waals surface area contributed by atoms with Crippen LogP contribution in [0.5, 0.6) is 11.5 Å². The van der Waals surface area contributed by atoms with Gasteiger partial charge in [0.1, 0.15) is 6.61 Å². The highest BCUT2D eigenvalue weighted by Gasteiger charge is 2.09. The average molecular weight is 289 g/mol. The molecule has 0 bridgehead atoms. The van der Waals surface area contributed by atoms with Gasteiger partial charge in [0.2, 0.25) is 0 Å². The number of aryl methyl sites for hydroxylation is 1. The van der Waals surface area contributed by atoms with E-state index in [4.69, 9.17) is 15.2 Å². The number of hydrogen-bond acceptors (Lipinski definition) is 4. The lowest BCUT2D eigenvalue weighted by molar-refractivity contribution is 0.279. The third kappa shape index (κ3) is 4.23. The molecule has 2 aromatic rings. The maximum Gasteiger partial charge on any atom is 0.162 e. The lowest BCUT2D eigenvalue weighted by Crippen LogP contribution is -2.21. The molecule has 0 saturated carbocycles. The second kappa shape index (κ2) is 7.13. The van der Waals surface area contributed by atoms with Crippen LogP contribution in [-0.4, -0.2) is 22.9 Å². The van der Waals surface area contributed by atoms with Crippen LogP contribution in [0.1, 0.15) is 24.6 Å². The first kappa shape index (κ1) is 15.4. The first-order valence-corrected chi connectivity index (χ1v) is 7.16. The Labute approximate surface area is 125 Å². The number of benzene rings is 1. The maximum absolute atomic E-state index is 6.01. The zero-order valence-electron chi connectivity index (χ0n) is 12.9. The predicted octanol–water partition coefficient (Wildman–Crippen LogP) is 2.29. The molecule has 0 radical (unpaired) electrons. The SMILES string of the molecule is CCC(N)Cc1ccc(OC)c(OCc2ccn(C)n2)c1. The first-order valence-electron chi connectivity index (χ1n) is 7.16. The van der Waals surface area contributed by atoms with Gasteiger partial charge in [0, 0.05) is 19.3 Å². The molecule has 1 unspecified atom stereocenters. The zero-order valence-corrected chi connectivity index (χ0v) is 12.9. The summed E-state index contributed by atoms with van der Waals surface area (Å²) in [5, 5.41) is 4.30. The zero-order chi connectivity index (χ0) is 15.2. The van der Waals surface area contributed by atoms with E-state index in [1.54, 1.807) is 11.8 Å². The summed E-state index contributed by atoms with van der Waals surface area (Å²) in [5.74, 6) is 1.45. The van der Waals surface area contributed by atoms with E-state index in [1.807, 2.05) is 37.5 Å². The third-order valence-corrected chi connectivity index (χ3v) is 3.39. The van der Waals surface area contributed by atoms with E-state index in [0.29, 0.717) is 6.61 Å². The summed E-state index contributed by atoms with van der Waals surface area (Å²) in [6.45, 7) is 2.51. The normalized spacial score (nSPS) is 12.2. The molecule has 0 aliphatic carbocycles. The molecule has 2 N–H and O–H groups in total. The van der Waals surface area contributed by atoms with Crippen LogP contribution in [0.3, 0.4) is 0 Å². The van der Waals surface area contributed by atoms with Gasteiger partial charge in [-0.2, -0.15) is 5.10 Å². The summed E-state index contributed by atoms with van der Waals surface area (Å²) in [5.41, 5.74) is 8.05. The highest BCUT2D eigenvalue weighted by molar-refractivity contribution is 5.43. The molecule has 1 heterocycles. The van der Waals surface area contributed by atoms with Crippen LogP contribution >= 0.6 is 0 Å². The molecular weight excluding hydrogens is 266 g/mol. The van der Waals surface area contributed by atoms with E-state index >= 15 is 0 Å². The summed E-state index contributed by atoms with van der Waals surface area (Å²) in [6.07, 6.45) is 3.68. The first-order chi connectivity index (χ1) is 10.1. The van der Waals surface area contributed by atoms with Crippen molar-refractivity contribution in [2.45, 2.75) is 32.4 Å². The van der Waals surface area contributed by atoms with Crippen LogP contribution < -0.4 is 15.2 Å². The third-order valence-electron chi connectivity index (χ3n) is 3.39. The minimum absolute atomic E-state index is 0.169. The van der Waals surface area contributed by atoms with Gasteiger partial charge in [0.15, 0.2) is 11.5 Å². The van der Waals surface area contributed by atoms with E-state index in [1.165, 1.54) is 0 Å². The number of nitrogens with two attached hydrogens (primary N) is 1. The van der Waals surface area contributed by atoms with Crippen LogP contribution in [0.25, 0.3) is 0 Å². The number of methoxy groups -OCH3 is 1. The molecule has 0 fully saturated rings. The fraction of sp³-hybridized carbons (Fsp3) is 0.438. The smallest absolute Gasteiger partial charge is 0.162 e. The van der Waals surface area contributed by atoms with Gasteiger partial charge in [-0.1, -0.05) is 13.0 Å². The minimum atomic E-state index is 0.169. The van der Waals surface area contributed by atoms with Crippen LogP contribution in [0.4, 0.5) is 0 Å². The molecule has 5 heteroatoms. The van der Waals surface area contributed by atoms with Crippen LogP contribution in [0, 0.1) is 0 Å². The lowest BCUT2D eigenvalue weighted by Gasteiger charge is -2.13.